The fourth-order valence-corrected chi connectivity index (χ4v) is 3.01. The van der Waals surface area contributed by atoms with Crippen LogP contribution in [0.1, 0.15) is 19.8 Å². The van der Waals surface area contributed by atoms with E-state index in [0.29, 0.717) is 35.5 Å². The van der Waals surface area contributed by atoms with E-state index in [4.69, 9.17) is 32.7 Å². The Labute approximate surface area is 145 Å². The van der Waals surface area contributed by atoms with Gasteiger partial charge in [-0.2, -0.15) is 0 Å². The van der Waals surface area contributed by atoms with Crippen molar-refractivity contribution >= 4 is 35.1 Å². The fourth-order valence-electron chi connectivity index (χ4n) is 2.50. The van der Waals surface area contributed by atoms with Gasteiger partial charge in [0.25, 0.3) is 5.91 Å². The van der Waals surface area contributed by atoms with Gasteiger partial charge >= 0.3 is 5.97 Å². The molecule has 1 heterocycles. The Morgan fingerprint density at radius 3 is 2.61 bits per heavy atom. The van der Waals surface area contributed by atoms with Crippen molar-refractivity contribution in [2.24, 2.45) is 5.92 Å². The highest BCUT2D eigenvalue weighted by molar-refractivity contribution is 6.34. The molecule has 5 nitrogen and oxygen atoms in total. The molecule has 0 N–H and O–H groups in total. The van der Waals surface area contributed by atoms with Crippen molar-refractivity contribution in [3.8, 4) is 5.75 Å². The van der Waals surface area contributed by atoms with Crippen LogP contribution in [-0.2, 0) is 14.3 Å². The number of rotatable bonds is 5. The molecule has 1 amide bonds. The molecule has 0 saturated carbocycles. The van der Waals surface area contributed by atoms with E-state index in [2.05, 4.69) is 0 Å². The predicted molar refractivity (Wildman–Crippen MR) is 87.9 cm³/mol. The van der Waals surface area contributed by atoms with E-state index in [1.54, 1.807) is 30.0 Å². The molecule has 1 aromatic rings. The molecule has 0 radical (unpaired) electrons. The van der Waals surface area contributed by atoms with Crippen LogP contribution in [0.5, 0.6) is 5.75 Å². The maximum absolute atomic E-state index is 12.3. The smallest absolute Gasteiger partial charge is 0.310 e. The number of hydrogen-bond acceptors (Lipinski definition) is 4. The monoisotopic (exact) mass is 359 g/mol. The quantitative estimate of drug-likeness (QED) is 0.757. The standard InChI is InChI=1S/C16H19Cl2NO4/c1-2-22-16(21)11-4-3-5-19(9-11)15(20)10-23-14-7-12(17)6-13(18)8-14/h6-8,11H,2-5,9-10H2,1H3. The zero-order valence-corrected chi connectivity index (χ0v) is 14.4. The number of esters is 1. The molecular weight excluding hydrogens is 341 g/mol. The van der Waals surface area contributed by atoms with Crippen molar-refractivity contribution in [1.29, 1.82) is 0 Å². The summed E-state index contributed by atoms with van der Waals surface area (Å²) in [5.41, 5.74) is 0. The molecule has 1 saturated heterocycles. The Balaban J connectivity index is 1.88. The normalized spacial score (nSPS) is 17.7. The summed E-state index contributed by atoms with van der Waals surface area (Å²) in [4.78, 5) is 25.7. The van der Waals surface area contributed by atoms with Crippen molar-refractivity contribution in [3.63, 3.8) is 0 Å². The first-order valence-corrected chi connectivity index (χ1v) is 8.28. The topological polar surface area (TPSA) is 55.8 Å². The summed E-state index contributed by atoms with van der Waals surface area (Å²) in [6.45, 7) is 2.99. The summed E-state index contributed by atoms with van der Waals surface area (Å²) in [5, 5.41) is 0.889. The van der Waals surface area contributed by atoms with Crippen molar-refractivity contribution in [2.45, 2.75) is 19.8 Å². The third-order valence-corrected chi connectivity index (χ3v) is 4.03. The summed E-state index contributed by atoms with van der Waals surface area (Å²) in [7, 11) is 0. The van der Waals surface area contributed by atoms with Gasteiger partial charge in [0.1, 0.15) is 5.75 Å². The van der Waals surface area contributed by atoms with Crippen LogP contribution in [0.2, 0.25) is 10.0 Å². The van der Waals surface area contributed by atoms with E-state index in [9.17, 15) is 9.59 Å². The highest BCUT2D eigenvalue weighted by Crippen LogP contribution is 2.24. The van der Waals surface area contributed by atoms with Gasteiger partial charge in [-0.25, -0.2) is 0 Å². The number of halogens is 2. The summed E-state index contributed by atoms with van der Waals surface area (Å²) in [6, 6.07) is 4.78. The molecule has 2 rings (SSSR count). The van der Waals surface area contributed by atoms with E-state index in [1.807, 2.05) is 0 Å². The first-order valence-electron chi connectivity index (χ1n) is 7.53. The lowest BCUT2D eigenvalue weighted by Crippen LogP contribution is -2.44. The van der Waals surface area contributed by atoms with E-state index in [-0.39, 0.29) is 24.4 Å². The van der Waals surface area contributed by atoms with Gasteiger partial charge in [-0.15, -0.1) is 0 Å². The molecule has 7 heteroatoms. The molecule has 1 aliphatic rings. The molecule has 1 atom stereocenters. The number of piperidine rings is 1. The highest BCUT2D eigenvalue weighted by atomic mass is 35.5. The summed E-state index contributed by atoms with van der Waals surface area (Å²) in [6.07, 6.45) is 1.52. The van der Waals surface area contributed by atoms with Crippen LogP contribution in [0.15, 0.2) is 18.2 Å². The summed E-state index contributed by atoms with van der Waals surface area (Å²) in [5.74, 6) is -0.231. The van der Waals surface area contributed by atoms with E-state index >= 15 is 0 Å². The number of hydrogen-bond donors (Lipinski definition) is 0. The second-order valence-corrected chi connectivity index (χ2v) is 6.20. The lowest BCUT2D eigenvalue weighted by molar-refractivity contribution is -0.151. The molecular formula is C16H19Cl2NO4. The molecule has 0 spiro atoms. The minimum atomic E-state index is -0.256. The van der Waals surface area contributed by atoms with Gasteiger partial charge in [-0.05, 0) is 38.0 Å². The van der Waals surface area contributed by atoms with Gasteiger partial charge in [0.05, 0.1) is 12.5 Å². The Hall–Kier alpha value is -1.46. The zero-order chi connectivity index (χ0) is 16.8. The molecule has 23 heavy (non-hydrogen) atoms. The second-order valence-electron chi connectivity index (χ2n) is 5.32. The van der Waals surface area contributed by atoms with Crippen molar-refractivity contribution in [1.82, 2.24) is 4.90 Å². The Morgan fingerprint density at radius 1 is 1.26 bits per heavy atom. The van der Waals surface area contributed by atoms with Crippen molar-refractivity contribution < 1.29 is 19.1 Å². The number of ether oxygens (including phenoxy) is 2. The third-order valence-electron chi connectivity index (χ3n) is 3.59. The van der Waals surface area contributed by atoms with Crippen LogP contribution in [0.4, 0.5) is 0 Å². The van der Waals surface area contributed by atoms with Crippen LogP contribution in [-0.4, -0.2) is 43.1 Å². The van der Waals surface area contributed by atoms with E-state index < -0.39 is 0 Å². The molecule has 0 bridgehead atoms. The second kappa shape index (κ2) is 8.41. The van der Waals surface area contributed by atoms with Crippen molar-refractivity contribution in [2.75, 3.05) is 26.3 Å². The Morgan fingerprint density at radius 2 is 1.96 bits per heavy atom. The molecule has 1 aliphatic heterocycles. The van der Waals surface area contributed by atoms with Crippen LogP contribution >= 0.6 is 23.2 Å². The number of carbonyl (C=O) groups is 2. The molecule has 1 unspecified atom stereocenters. The van der Waals surface area contributed by atoms with Crippen LogP contribution in [0, 0.1) is 5.92 Å². The average Bonchev–Trinajstić information content (AvgIpc) is 2.52. The number of amides is 1. The lowest BCUT2D eigenvalue weighted by Gasteiger charge is -2.31. The minimum absolute atomic E-state index is 0.119. The number of benzene rings is 1. The highest BCUT2D eigenvalue weighted by Gasteiger charge is 2.29. The lowest BCUT2D eigenvalue weighted by atomic mass is 9.98. The molecule has 126 valence electrons. The van der Waals surface area contributed by atoms with Crippen molar-refractivity contribution in [3.05, 3.63) is 28.2 Å². The molecule has 0 aliphatic carbocycles. The minimum Gasteiger partial charge on any atom is -0.484 e. The third kappa shape index (κ3) is 5.29. The average molecular weight is 360 g/mol. The van der Waals surface area contributed by atoms with Gasteiger partial charge in [-0.3, -0.25) is 9.59 Å². The van der Waals surface area contributed by atoms with Crippen LogP contribution in [0.3, 0.4) is 0 Å². The number of likely N-dealkylation sites (tertiary alicyclic amines) is 1. The van der Waals surface area contributed by atoms with Gasteiger partial charge < -0.3 is 14.4 Å². The fraction of sp³-hybridized carbons (Fsp3) is 0.500. The van der Waals surface area contributed by atoms with Gasteiger partial charge in [0.2, 0.25) is 0 Å². The Bertz CT molecular complexity index is 559. The zero-order valence-electron chi connectivity index (χ0n) is 12.9. The predicted octanol–water partition coefficient (Wildman–Crippen LogP) is 3.17. The Kier molecular flexibility index (Phi) is 6.54. The van der Waals surface area contributed by atoms with E-state index in [1.165, 1.54) is 0 Å². The first kappa shape index (κ1) is 17.9. The molecule has 1 aromatic carbocycles. The number of nitrogens with zero attached hydrogens (tertiary/aromatic N) is 1. The maximum atomic E-state index is 12.3. The summed E-state index contributed by atoms with van der Waals surface area (Å²) < 4.78 is 10.5. The van der Waals surface area contributed by atoms with E-state index in [0.717, 1.165) is 12.8 Å². The summed E-state index contributed by atoms with van der Waals surface area (Å²) >= 11 is 11.8. The van der Waals surface area contributed by atoms with Gasteiger partial charge in [0, 0.05) is 23.1 Å². The first-order chi connectivity index (χ1) is 11.0. The van der Waals surface area contributed by atoms with Crippen LogP contribution in [0.25, 0.3) is 0 Å². The largest absolute Gasteiger partial charge is 0.484 e. The van der Waals surface area contributed by atoms with Gasteiger partial charge in [0.15, 0.2) is 6.61 Å². The van der Waals surface area contributed by atoms with Gasteiger partial charge in [-0.1, -0.05) is 23.2 Å². The SMILES string of the molecule is CCOC(=O)C1CCCN(C(=O)COc2cc(Cl)cc(Cl)c2)C1. The maximum Gasteiger partial charge on any atom is 0.310 e. The molecule has 1 fully saturated rings. The molecule has 0 aromatic heterocycles. The number of carbonyl (C=O) groups excluding carboxylic acids is 2. The van der Waals surface area contributed by atoms with Crippen LogP contribution < -0.4 is 4.74 Å².